The average Bonchev–Trinajstić information content (AvgIpc) is 3.07. The van der Waals surface area contributed by atoms with E-state index in [0.717, 1.165) is 11.1 Å². The zero-order valence-electron chi connectivity index (χ0n) is 16.2. The summed E-state index contributed by atoms with van der Waals surface area (Å²) in [5.74, 6) is -0.493. The highest BCUT2D eigenvalue weighted by atomic mass is 16.5. The van der Waals surface area contributed by atoms with Gasteiger partial charge in [-0.1, -0.05) is 36.4 Å². The molecule has 0 N–H and O–H groups in total. The van der Waals surface area contributed by atoms with E-state index in [1.807, 2.05) is 43.3 Å². The monoisotopic (exact) mass is 388 g/mol. The van der Waals surface area contributed by atoms with Gasteiger partial charge in [-0.05, 0) is 31.0 Å². The second-order valence-electron chi connectivity index (χ2n) is 6.91. The van der Waals surface area contributed by atoms with Gasteiger partial charge in [-0.2, -0.15) is 5.10 Å². The Hall–Kier alpha value is -3.74. The molecule has 0 aliphatic rings. The zero-order chi connectivity index (χ0) is 20.4. The number of rotatable bonds is 5. The van der Waals surface area contributed by atoms with Crippen LogP contribution in [0.15, 0.2) is 65.7 Å². The molecule has 29 heavy (non-hydrogen) atoms. The number of hydrogen-bond donors (Lipinski definition) is 0. The SMILES string of the molecule is Cc1ccc2nc(COC(=O)c3cn(Cc4ccccc4)nc3C)cc(=O)n2c1. The van der Waals surface area contributed by atoms with Crippen LogP contribution in [0.25, 0.3) is 5.65 Å². The van der Waals surface area contributed by atoms with Crippen LogP contribution in [0.2, 0.25) is 0 Å². The van der Waals surface area contributed by atoms with Crippen LogP contribution in [0.1, 0.15) is 32.9 Å². The maximum absolute atomic E-state index is 12.5. The van der Waals surface area contributed by atoms with E-state index in [9.17, 15) is 9.59 Å². The third-order valence-corrected chi connectivity index (χ3v) is 4.57. The lowest BCUT2D eigenvalue weighted by molar-refractivity contribution is 0.0466. The van der Waals surface area contributed by atoms with Gasteiger partial charge in [-0.15, -0.1) is 0 Å². The summed E-state index contributed by atoms with van der Waals surface area (Å²) in [5, 5.41) is 4.39. The molecule has 0 radical (unpaired) electrons. The van der Waals surface area contributed by atoms with Crippen molar-refractivity contribution in [1.29, 1.82) is 0 Å². The molecule has 0 spiro atoms. The number of aryl methyl sites for hydroxylation is 2. The minimum Gasteiger partial charge on any atom is -0.455 e. The summed E-state index contributed by atoms with van der Waals surface area (Å²) in [6.07, 6.45) is 3.40. The fourth-order valence-corrected chi connectivity index (χ4v) is 3.12. The molecular weight excluding hydrogens is 368 g/mol. The second kappa shape index (κ2) is 7.71. The summed E-state index contributed by atoms with van der Waals surface area (Å²) >= 11 is 0. The van der Waals surface area contributed by atoms with E-state index in [-0.39, 0.29) is 12.2 Å². The molecule has 0 saturated heterocycles. The number of esters is 1. The van der Waals surface area contributed by atoms with E-state index in [0.29, 0.717) is 29.1 Å². The number of nitrogens with zero attached hydrogens (tertiary/aromatic N) is 4. The first-order valence-electron chi connectivity index (χ1n) is 9.23. The van der Waals surface area contributed by atoms with Crippen molar-refractivity contribution < 1.29 is 9.53 Å². The number of pyridine rings is 1. The molecule has 0 fully saturated rings. The predicted molar refractivity (Wildman–Crippen MR) is 108 cm³/mol. The topological polar surface area (TPSA) is 78.5 Å². The molecule has 3 heterocycles. The summed E-state index contributed by atoms with van der Waals surface area (Å²) < 4.78 is 8.57. The van der Waals surface area contributed by atoms with E-state index in [1.165, 1.54) is 10.5 Å². The van der Waals surface area contributed by atoms with Crippen LogP contribution in [0, 0.1) is 13.8 Å². The number of benzene rings is 1. The Kier molecular flexibility index (Phi) is 4.95. The molecule has 146 valence electrons. The predicted octanol–water partition coefficient (Wildman–Crippen LogP) is 2.91. The van der Waals surface area contributed by atoms with Gasteiger partial charge < -0.3 is 4.74 Å². The lowest BCUT2D eigenvalue weighted by Crippen LogP contribution is -2.17. The molecule has 0 atom stereocenters. The number of carbonyl (C=O) groups excluding carboxylic acids is 1. The van der Waals surface area contributed by atoms with Gasteiger partial charge in [0.1, 0.15) is 17.8 Å². The van der Waals surface area contributed by atoms with E-state index in [1.54, 1.807) is 30.1 Å². The third-order valence-electron chi connectivity index (χ3n) is 4.57. The first-order chi connectivity index (χ1) is 14.0. The van der Waals surface area contributed by atoms with E-state index >= 15 is 0 Å². The highest BCUT2D eigenvalue weighted by molar-refractivity contribution is 5.90. The average molecular weight is 388 g/mol. The minimum atomic E-state index is -0.493. The summed E-state index contributed by atoms with van der Waals surface area (Å²) in [7, 11) is 0. The third kappa shape index (κ3) is 4.08. The van der Waals surface area contributed by atoms with Crippen molar-refractivity contribution in [3.05, 3.63) is 99.4 Å². The molecule has 7 nitrogen and oxygen atoms in total. The maximum atomic E-state index is 12.5. The summed E-state index contributed by atoms with van der Waals surface area (Å²) in [4.78, 5) is 29.2. The number of aromatic nitrogens is 4. The summed E-state index contributed by atoms with van der Waals surface area (Å²) in [6, 6.07) is 14.9. The van der Waals surface area contributed by atoms with Gasteiger partial charge in [0.05, 0.1) is 17.9 Å². The summed E-state index contributed by atoms with van der Waals surface area (Å²) in [5.41, 5.74) is 3.75. The standard InChI is InChI=1S/C22H20N4O3/c1-15-8-9-20-23-18(10-21(27)26(20)11-15)14-29-22(28)19-13-25(24-16(19)2)12-17-6-4-3-5-7-17/h3-11,13H,12,14H2,1-2H3. The van der Waals surface area contributed by atoms with Gasteiger partial charge in [0.2, 0.25) is 0 Å². The molecule has 7 heteroatoms. The Morgan fingerprint density at radius 3 is 2.66 bits per heavy atom. The number of carbonyl (C=O) groups is 1. The Morgan fingerprint density at radius 2 is 1.86 bits per heavy atom. The van der Waals surface area contributed by atoms with Gasteiger partial charge in [-0.25, -0.2) is 9.78 Å². The zero-order valence-corrected chi connectivity index (χ0v) is 16.2. The van der Waals surface area contributed by atoms with Gasteiger partial charge >= 0.3 is 5.97 Å². The van der Waals surface area contributed by atoms with Crippen molar-refractivity contribution in [2.45, 2.75) is 27.0 Å². The van der Waals surface area contributed by atoms with Crippen molar-refractivity contribution in [1.82, 2.24) is 19.2 Å². The van der Waals surface area contributed by atoms with Crippen molar-refractivity contribution >= 4 is 11.6 Å². The van der Waals surface area contributed by atoms with E-state index in [2.05, 4.69) is 10.1 Å². The van der Waals surface area contributed by atoms with Crippen LogP contribution < -0.4 is 5.56 Å². The van der Waals surface area contributed by atoms with Crippen molar-refractivity contribution in [2.24, 2.45) is 0 Å². The second-order valence-corrected chi connectivity index (χ2v) is 6.91. The van der Waals surface area contributed by atoms with Crippen LogP contribution >= 0.6 is 0 Å². The van der Waals surface area contributed by atoms with Gasteiger partial charge in [0.15, 0.2) is 0 Å². The van der Waals surface area contributed by atoms with Crippen LogP contribution in [0.4, 0.5) is 0 Å². The normalized spacial score (nSPS) is 11.0. The van der Waals surface area contributed by atoms with Crippen molar-refractivity contribution in [3.8, 4) is 0 Å². The van der Waals surface area contributed by atoms with Crippen molar-refractivity contribution in [2.75, 3.05) is 0 Å². The van der Waals surface area contributed by atoms with Crippen LogP contribution in [0.3, 0.4) is 0 Å². The summed E-state index contributed by atoms with van der Waals surface area (Å²) in [6.45, 7) is 4.15. The first kappa shape index (κ1) is 18.6. The molecular formula is C22H20N4O3. The molecule has 0 saturated carbocycles. The van der Waals surface area contributed by atoms with Crippen molar-refractivity contribution in [3.63, 3.8) is 0 Å². The van der Waals surface area contributed by atoms with Crippen LogP contribution in [-0.2, 0) is 17.9 Å². The Bertz CT molecular complexity index is 1240. The minimum absolute atomic E-state index is 0.0816. The fraction of sp³-hybridized carbons (Fsp3) is 0.182. The van der Waals surface area contributed by atoms with Crippen LogP contribution in [-0.4, -0.2) is 25.1 Å². The highest BCUT2D eigenvalue weighted by Crippen LogP contribution is 2.11. The molecule has 0 aliphatic heterocycles. The smallest absolute Gasteiger partial charge is 0.342 e. The maximum Gasteiger partial charge on any atom is 0.342 e. The number of ether oxygens (including phenoxy) is 1. The number of fused-ring (bicyclic) bond motifs is 1. The van der Waals surface area contributed by atoms with E-state index in [4.69, 9.17) is 4.74 Å². The fourth-order valence-electron chi connectivity index (χ4n) is 3.12. The lowest BCUT2D eigenvalue weighted by atomic mass is 10.2. The largest absolute Gasteiger partial charge is 0.455 e. The molecule has 0 unspecified atom stereocenters. The molecule has 4 rings (SSSR count). The molecule has 0 bridgehead atoms. The number of hydrogen-bond acceptors (Lipinski definition) is 5. The first-order valence-corrected chi connectivity index (χ1v) is 9.23. The van der Waals surface area contributed by atoms with E-state index < -0.39 is 5.97 Å². The Labute approximate surface area is 167 Å². The molecule has 0 aliphatic carbocycles. The van der Waals surface area contributed by atoms with Gasteiger partial charge in [0.25, 0.3) is 5.56 Å². The van der Waals surface area contributed by atoms with Gasteiger partial charge in [-0.3, -0.25) is 13.9 Å². The highest BCUT2D eigenvalue weighted by Gasteiger charge is 2.16. The van der Waals surface area contributed by atoms with Crippen LogP contribution in [0.5, 0.6) is 0 Å². The molecule has 1 aromatic carbocycles. The Morgan fingerprint density at radius 1 is 1.07 bits per heavy atom. The molecule has 4 aromatic rings. The molecule has 0 amide bonds. The lowest BCUT2D eigenvalue weighted by Gasteiger charge is -2.06. The molecule has 3 aromatic heterocycles. The quantitative estimate of drug-likeness (QED) is 0.491. The van der Waals surface area contributed by atoms with Gasteiger partial charge in [0, 0.05) is 18.5 Å². The Balaban J connectivity index is 1.48.